The number of aliphatic hydroxyl groups excluding tert-OH is 2. The number of amides is 1. The number of Topliss-reactive ketones (excluding diaryl/α,β-unsaturated/α-hetero) is 1. The van der Waals surface area contributed by atoms with E-state index >= 15 is 0 Å². The maximum absolute atomic E-state index is 12.5. The predicted molar refractivity (Wildman–Crippen MR) is 94.5 cm³/mol. The normalized spacial score (nSPS) is 19.4. The summed E-state index contributed by atoms with van der Waals surface area (Å²) in [5.74, 6) is -1.77. The predicted octanol–water partition coefficient (Wildman–Crippen LogP) is 2.26. The highest BCUT2D eigenvalue weighted by Crippen LogP contribution is 2.38. The van der Waals surface area contributed by atoms with Gasteiger partial charge in [0.05, 0.1) is 18.2 Å². The Morgan fingerprint density at radius 1 is 1.20 bits per heavy atom. The third-order valence-corrected chi connectivity index (χ3v) is 4.53. The van der Waals surface area contributed by atoms with Crippen LogP contribution in [0.2, 0.25) is 0 Å². The summed E-state index contributed by atoms with van der Waals surface area (Å²) in [6.45, 7) is -0.302. The molecule has 0 saturated carbocycles. The van der Waals surface area contributed by atoms with Gasteiger partial charge in [0.15, 0.2) is 0 Å². The number of aromatic nitrogens is 1. The first kappa shape index (κ1) is 17.3. The van der Waals surface area contributed by atoms with Crippen molar-refractivity contribution in [3.05, 3.63) is 70.0 Å². The first-order valence-corrected chi connectivity index (χ1v) is 8.39. The fraction of sp³-hybridized carbons (Fsp3) is 0.167. The Hall–Kier alpha value is -2.51. The molecule has 0 aliphatic carbocycles. The lowest BCUT2D eigenvalue weighted by Gasteiger charge is -2.24. The first-order chi connectivity index (χ1) is 12.0. The quantitative estimate of drug-likeness (QED) is 0.464. The number of aliphatic hydroxyl groups is 2. The minimum Gasteiger partial charge on any atom is -0.507 e. The molecule has 1 aromatic carbocycles. The molecule has 128 valence electrons. The average Bonchev–Trinajstić information content (AvgIpc) is 2.88. The number of halogens is 1. The highest BCUT2D eigenvalue weighted by atomic mass is 79.9. The molecule has 1 saturated heterocycles. The third kappa shape index (κ3) is 3.20. The van der Waals surface area contributed by atoms with Crippen LogP contribution in [-0.2, 0) is 9.59 Å². The summed E-state index contributed by atoms with van der Waals surface area (Å²) in [6.07, 6.45) is 3.12. The number of hydrogen-bond donors (Lipinski definition) is 2. The Labute approximate surface area is 152 Å². The maximum Gasteiger partial charge on any atom is 0.295 e. The zero-order valence-corrected chi connectivity index (χ0v) is 14.7. The number of carbonyl (C=O) groups is 2. The standard InChI is InChI=1S/C18H15BrN2O4/c19-13-5-3-11(4-6-13)16(23)14-15(12-2-1-7-20-10-12)21(8-9-22)18(25)17(14)24/h1-7,10,15,22-23H,8-9H2/b16-14-. The van der Waals surface area contributed by atoms with E-state index < -0.39 is 17.7 Å². The topological polar surface area (TPSA) is 90.7 Å². The van der Waals surface area contributed by atoms with E-state index in [-0.39, 0.29) is 24.5 Å². The van der Waals surface area contributed by atoms with Gasteiger partial charge in [-0.05, 0) is 23.8 Å². The van der Waals surface area contributed by atoms with Crippen molar-refractivity contribution in [2.75, 3.05) is 13.2 Å². The van der Waals surface area contributed by atoms with Gasteiger partial charge in [0, 0.05) is 29.0 Å². The highest BCUT2D eigenvalue weighted by molar-refractivity contribution is 9.10. The Morgan fingerprint density at radius 2 is 1.92 bits per heavy atom. The smallest absolute Gasteiger partial charge is 0.295 e. The average molecular weight is 403 g/mol. The lowest BCUT2D eigenvalue weighted by Crippen LogP contribution is -2.32. The molecular weight excluding hydrogens is 388 g/mol. The second-order valence-corrected chi connectivity index (χ2v) is 6.43. The van der Waals surface area contributed by atoms with E-state index in [0.29, 0.717) is 11.1 Å². The number of likely N-dealkylation sites (tertiary alicyclic amines) is 1. The van der Waals surface area contributed by atoms with Crippen LogP contribution < -0.4 is 0 Å². The maximum atomic E-state index is 12.5. The molecule has 1 atom stereocenters. The van der Waals surface area contributed by atoms with E-state index in [0.717, 1.165) is 4.47 Å². The van der Waals surface area contributed by atoms with Gasteiger partial charge in [0.2, 0.25) is 0 Å². The van der Waals surface area contributed by atoms with E-state index in [1.54, 1.807) is 42.6 Å². The number of rotatable bonds is 4. The molecule has 1 unspecified atom stereocenters. The van der Waals surface area contributed by atoms with E-state index in [1.165, 1.54) is 11.1 Å². The molecule has 0 spiro atoms. The molecule has 6 nitrogen and oxygen atoms in total. The van der Waals surface area contributed by atoms with Crippen LogP contribution in [0.1, 0.15) is 17.2 Å². The van der Waals surface area contributed by atoms with Gasteiger partial charge in [-0.15, -0.1) is 0 Å². The van der Waals surface area contributed by atoms with Crippen LogP contribution in [0.25, 0.3) is 5.76 Å². The van der Waals surface area contributed by atoms with Crippen molar-refractivity contribution in [3.63, 3.8) is 0 Å². The second-order valence-electron chi connectivity index (χ2n) is 5.51. The molecule has 25 heavy (non-hydrogen) atoms. The molecular formula is C18H15BrN2O4. The number of pyridine rings is 1. The summed E-state index contributed by atoms with van der Waals surface area (Å²) in [7, 11) is 0. The summed E-state index contributed by atoms with van der Waals surface area (Å²) in [6, 6.07) is 9.40. The van der Waals surface area contributed by atoms with Gasteiger partial charge in [0.1, 0.15) is 5.76 Å². The summed E-state index contributed by atoms with van der Waals surface area (Å²) in [5, 5.41) is 20.0. The fourth-order valence-corrected chi connectivity index (χ4v) is 3.13. The van der Waals surface area contributed by atoms with Crippen LogP contribution >= 0.6 is 15.9 Å². The molecule has 1 amide bonds. The van der Waals surface area contributed by atoms with Gasteiger partial charge in [-0.3, -0.25) is 14.6 Å². The number of carbonyl (C=O) groups excluding carboxylic acids is 2. The van der Waals surface area contributed by atoms with E-state index in [1.807, 2.05) is 0 Å². The fourth-order valence-electron chi connectivity index (χ4n) is 2.87. The number of hydrogen-bond acceptors (Lipinski definition) is 5. The van der Waals surface area contributed by atoms with Crippen LogP contribution in [0.5, 0.6) is 0 Å². The van der Waals surface area contributed by atoms with Crippen molar-refractivity contribution in [1.82, 2.24) is 9.88 Å². The largest absolute Gasteiger partial charge is 0.507 e. The minimum atomic E-state index is -0.788. The van der Waals surface area contributed by atoms with Gasteiger partial charge in [0.25, 0.3) is 11.7 Å². The van der Waals surface area contributed by atoms with Crippen molar-refractivity contribution in [3.8, 4) is 0 Å². The van der Waals surface area contributed by atoms with E-state index in [4.69, 9.17) is 0 Å². The van der Waals surface area contributed by atoms with Crippen LogP contribution in [0.3, 0.4) is 0 Å². The van der Waals surface area contributed by atoms with Crippen LogP contribution in [0, 0.1) is 0 Å². The molecule has 1 aliphatic heterocycles. The van der Waals surface area contributed by atoms with Crippen molar-refractivity contribution < 1.29 is 19.8 Å². The van der Waals surface area contributed by atoms with E-state index in [2.05, 4.69) is 20.9 Å². The van der Waals surface area contributed by atoms with Gasteiger partial charge in [-0.2, -0.15) is 0 Å². The van der Waals surface area contributed by atoms with Crippen LogP contribution in [0.15, 0.2) is 58.8 Å². The molecule has 2 N–H and O–H groups in total. The van der Waals surface area contributed by atoms with Gasteiger partial charge in [-0.1, -0.05) is 34.1 Å². The van der Waals surface area contributed by atoms with Gasteiger partial charge in [-0.25, -0.2) is 0 Å². The second kappa shape index (κ2) is 7.16. The zero-order valence-electron chi connectivity index (χ0n) is 13.1. The Bertz CT molecular complexity index is 834. The lowest BCUT2D eigenvalue weighted by atomic mass is 9.96. The molecule has 1 aromatic heterocycles. The monoisotopic (exact) mass is 402 g/mol. The Morgan fingerprint density at radius 3 is 2.52 bits per heavy atom. The van der Waals surface area contributed by atoms with Gasteiger partial charge < -0.3 is 15.1 Å². The molecule has 2 heterocycles. The van der Waals surface area contributed by atoms with Crippen LogP contribution in [0.4, 0.5) is 0 Å². The van der Waals surface area contributed by atoms with Crippen molar-refractivity contribution in [1.29, 1.82) is 0 Å². The number of nitrogens with zero attached hydrogens (tertiary/aromatic N) is 2. The van der Waals surface area contributed by atoms with Gasteiger partial charge >= 0.3 is 0 Å². The molecule has 1 aliphatic rings. The number of ketones is 1. The van der Waals surface area contributed by atoms with Crippen molar-refractivity contribution in [2.24, 2.45) is 0 Å². The summed E-state index contributed by atoms with van der Waals surface area (Å²) >= 11 is 3.32. The van der Waals surface area contributed by atoms with E-state index in [9.17, 15) is 19.8 Å². The van der Waals surface area contributed by atoms with Crippen molar-refractivity contribution in [2.45, 2.75) is 6.04 Å². The third-order valence-electron chi connectivity index (χ3n) is 4.00. The SMILES string of the molecule is O=C1C(=O)N(CCO)C(c2cccnc2)/C1=C(/O)c1ccc(Br)cc1. The summed E-state index contributed by atoms with van der Waals surface area (Å²) < 4.78 is 0.827. The molecule has 7 heteroatoms. The molecule has 0 bridgehead atoms. The summed E-state index contributed by atoms with van der Waals surface area (Å²) in [4.78, 5) is 30.2. The number of benzene rings is 1. The minimum absolute atomic E-state index is 0.00577. The lowest BCUT2D eigenvalue weighted by molar-refractivity contribution is -0.140. The Balaban J connectivity index is 2.17. The molecule has 1 fully saturated rings. The molecule has 0 radical (unpaired) electrons. The summed E-state index contributed by atoms with van der Waals surface area (Å²) in [5.41, 5.74) is 1.02. The number of β-amino-alcohol motifs (C(OH)–C–C–N with tert-alkyl or cyclic N) is 1. The van der Waals surface area contributed by atoms with Crippen molar-refractivity contribution >= 4 is 33.4 Å². The molecule has 2 aromatic rings. The zero-order chi connectivity index (χ0) is 18.0. The first-order valence-electron chi connectivity index (χ1n) is 7.59. The molecule has 3 rings (SSSR count). The highest BCUT2D eigenvalue weighted by Gasteiger charge is 2.45. The van der Waals surface area contributed by atoms with Crippen LogP contribution in [-0.4, -0.2) is 44.9 Å². The Kier molecular flexibility index (Phi) is 4.96.